The number of ether oxygens (including phenoxy) is 2. The Bertz CT molecular complexity index is 416. The Kier molecular flexibility index (Phi) is 6.52. The second-order valence-electron chi connectivity index (χ2n) is 5.96. The number of hydrogen-bond donors (Lipinski definition) is 0. The summed E-state index contributed by atoms with van der Waals surface area (Å²) in [5, 5.41) is 0. The standard InChI is InChI=1S/C18H29NO2/c1-4-10-21-18-15(2)13-17(14-16(18)3)6-5-7-19-8-11-20-12-9-19/h13-14H,4-12H2,1-3H3. The van der Waals surface area contributed by atoms with E-state index in [-0.39, 0.29) is 0 Å². The SMILES string of the molecule is CCCOc1c(C)cc(CCCN2CCOCC2)cc1C. The minimum atomic E-state index is 0.804. The van der Waals surface area contributed by atoms with Crippen molar-refractivity contribution in [1.29, 1.82) is 0 Å². The Balaban J connectivity index is 1.85. The fourth-order valence-corrected chi connectivity index (χ4v) is 2.95. The second kappa shape index (κ2) is 8.40. The molecule has 0 N–H and O–H groups in total. The van der Waals surface area contributed by atoms with Crippen molar-refractivity contribution in [2.75, 3.05) is 39.5 Å². The smallest absolute Gasteiger partial charge is 0.125 e. The lowest BCUT2D eigenvalue weighted by Gasteiger charge is -2.26. The molecule has 21 heavy (non-hydrogen) atoms. The van der Waals surface area contributed by atoms with E-state index < -0.39 is 0 Å². The molecule has 1 aliphatic heterocycles. The zero-order valence-electron chi connectivity index (χ0n) is 13.8. The Labute approximate surface area is 129 Å². The first kappa shape index (κ1) is 16.3. The third-order valence-corrected chi connectivity index (χ3v) is 4.01. The van der Waals surface area contributed by atoms with Crippen LogP contribution >= 0.6 is 0 Å². The van der Waals surface area contributed by atoms with Crippen molar-refractivity contribution in [2.45, 2.75) is 40.0 Å². The summed E-state index contributed by atoms with van der Waals surface area (Å²) >= 11 is 0. The maximum Gasteiger partial charge on any atom is 0.125 e. The Morgan fingerprint density at radius 3 is 2.43 bits per heavy atom. The van der Waals surface area contributed by atoms with E-state index in [0.29, 0.717) is 0 Å². The molecule has 0 aromatic heterocycles. The van der Waals surface area contributed by atoms with Crippen molar-refractivity contribution < 1.29 is 9.47 Å². The van der Waals surface area contributed by atoms with Gasteiger partial charge in [0.25, 0.3) is 0 Å². The summed E-state index contributed by atoms with van der Waals surface area (Å²) in [6.07, 6.45) is 3.42. The van der Waals surface area contributed by atoms with Crippen molar-refractivity contribution in [3.63, 3.8) is 0 Å². The number of rotatable bonds is 7. The topological polar surface area (TPSA) is 21.7 Å². The molecule has 0 aliphatic carbocycles. The molecule has 1 saturated heterocycles. The number of nitrogens with zero attached hydrogens (tertiary/aromatic N) is 1. The van der Waals surface area contributed by atoms with Crippen LogP contribution in [0.5, 0.6) is 5.75 Å². The van der Waals surface area contributed by atoms with Gasteiger partial charge in [-0.25, -0.2) is 0 Å². The molecule has 0 radical (unpaired) electrons. The molecule has 1 aliphatic rings. The lowest BCUT2D eigenvalue weighted by atomic mass is 10.0. The van der Waals surface area contributed by atoms with Crippen LogP contribution in [0, 0.1) is 13.8 Å². The highest BCUT2D eigenvalue weighted by molar-refractivity contribution is 5.43. The fraction of sp³-hybridized carbons (Fsp3) is 0.667. The average Bonchev–Trinajstić information content (AvgIpc) is 2.48. The summed E-state index contributed by atoms with van der Waals surface area (Å²) in [7, 11) is 0. The van der Waals surface area contributed by atoms with Gasteiger partial charge in [-0.15, -0.1) is 0 Å². The Morgan fingerprint density at radius 2 is 1.81 bits per heavy atom. The summed E-state index contributed by atoms with van der Waals surface area (Å²) in [6.45, 7) is 12.4. The van der Waals surface area contributed by atoms with Gasteiger partial charge in [-0.2, -0.15) is 0 Å². The van der Waals surface area contributed by atoms with E-state index in [1.807, 2.05) is 0 Å². The predicted octanol–water partition coefficient (Wildman–Crippen LogP) is 3.36. The van der Waals surface area contributed by atoms with Gasteiger partial charge in [-0.1, -0.05) is 19.1 Å². The minimum absolute atomic E-state index is 0.804. The van der Waals surface area contributed by atoms with Crippen molar-refractivity contribution in [3.05, 3.63) is 28.8 Å². The molecule has 3 nitrogen and oxygen atoms in total. The zero-order chi connectivity index (χ0) is 15.1. The molecule has 1 heterocycles. The van der Waals surface area contributed by atoms with Crippen LogP contribution in [0.4, 0.5) is 0 Å². The Morgan fingerprint density at radius 1 is 1.14 bits per heavy atom. The molecule has 0 unspecified atom stereocenters. The second-order valence-corrected chi connectivity index (χ2v) is 5.96. The summed E-state index contributed by atoms with van der Waals surface area (Å²) < 4.78 is 11.2. The average molecular weight is 291 g/mol. The van der Waals surface area contributed by atoms with Gasteiger partial charge in [0.15, 0.2) is 0 Å². The lowest BCUT2D eigenvalue weighted by molar-refractivity contribution is 0.0374. The molecule has 1 aromatic carbocycles. The maximum absolute atomic E-state index is 5.85. The van der Waals surface area contributed by atoms with Crippen LogP contribution < -0.4 is 4.74 Å². The molecule has 118 valence electrons. The van der Waals surface area contributed by atoms with Crippen LogP contribution in [0.25, 0.3) is 0 Å². The van der Waals surface area contributed by atoms with E-state index >= 15 is 0 Å². The van der Waals surface area contributed by atoms with Gasteiger partial charge in [-0.3, -0.25) is 4.90 Å². The number of hydrogen-bond acceptors (Lipinski definition) is 3. The van der Waals surface area contributed by atoms with E-state index in [9.17, 15) is 0 Å². The molecule has 0 saturated carbocycles. The van der Waals surface area contributed by atoms with Crippen LogP contribution in [-0.2, 0) is 11.2 Å². The molecule has 2 rings (SSSR count). The molecule has 1 aromatic rings. The molecule has 1 fully saturated rings. The van der Waals surface area contributed by atoms with Crippen molar-refractivity contribution in [3.8, 4) is 5.75 Å². The normalized spacial score (nSPS) is 16.1. The van der Waals surface area contributed by atoms with Crippen LogP contribution in [-0.4, -0.2) is 44.4 Å². The number of benzene rings is 1. The monoisotopic (exact) mass is 291 g/mol. The minimum Gasteiger partial charge on any atom is -0.493 e. The van der Waals surface area contributed by atoms with Gasteiger partial charge in [0.2, 0.25) is 0 Å². The lowest BCUT2D eigenvalue weighted by Crippen LogP contribution is -2.36. The highest BCUT2D eigenvalue weighted by atomic mass is 16.5. The maximum atomic E-state index is 5.85. The van der Waals surface area contributed by atoms with E-state index in [4.69, 9.17) is 9.47 Å². The summed E-state index contributed by atoms with van der Waals surface area (Å²) in [5.41, 5.74) is 3.97. The summed E-state index contributed by atoms with van der Waals surface area (Å²) in [5.74, 6) is 1.08. The van der Waals surface area contributed by atoms with Crippen molar-refractivity contribution in [1.82, 2.24) is 4.90 Å². The number of aryl methyl sites for hydroxylation is 3. The van der Waals surface area contributed by atoms with Crippen molar-refractivity contribution in [2.24, 2.45) is 0 Å². The van der Waals surface area contributed by atoms with E-state index in [0.717, 1.165) is 51.5 Å². The first-order valence-corrected chi connectivity index (χ1v) is 8.23. The number of morpholine rings is 1. The van der Waals surface area contributed by atoms with Crippen LogP contribution in [0.2, 0.25) is 0 Å². The first-order valence-electron chi connectivity index (χ1n) is 8.23. The first-order chi connectivity index (χ1) is 10.2. The zero-order valence-corrected chi connectivity index (χ0v) is 13.8. The molecular weight excluding hydrogens is 262 g/mol. The molecule has 0 bridgehead atoms. The molecule has 0 atom stereocenters. The van der Waals surface area contributed by atoms with E-state index in [2.05, 4.69) is 37.8 Å². The van der Waals surface area contributed by atoms with Crippen LogP contribution in [0.15, 0.2) is 12.1 Å². The highest BCUT2D eigenvalue weighted by Gasteiger charge is 2.10. The molecule has 0 amide bonds. The fourth-order valence-electron chi connectivity index (χ4n) is 2.95. The van der Waals surface area contributed by atoms with Crippen LogP contribution in [0.3, 0.4) is 0 Å². The Hall–Kier alpha value is -1.06. The van der Waals surface area contributed by atoms with E-state index in [1.54, 1.807) is 0 Å². The predicted molar refractivity (Wildman–Crippen MR) is 87.3 cm³/mol. The van der Waals surface area contributed by atoms with Gasteiger partial charge in [0.05, 0.1) is 19.8 Å². The van der Waals surface area contributed by atoms with Crippen molar-refractivity contribution >= 4 is 0 Å². The van der Waals surface area contributed by atoms with Gasteiger partial charge in [-0.05, 0) is 56.3 Å². The van der Waals surface area contributed by atoms with E-state index in [1.165, 1.54) is 29.7 Å². The molecular formula is C18H29NO2. The largest absolute Gasteiger partial charge is 0.493 e. The third kappa shape index (κ3) is 5.01. The quantitative estimate of drug-likeness (QED) is 0.769. The molecule has 3 heteroatoms. The highest BCUT2D eigenvalue weighted by Crippen LogP contribution is 2.25. The third-order valence-electron chi connectivity index (χ3n) is 4.01. The van der Waals surface area contributed by atoms with Gasteiger partial charge >= 0.3 is 0 Å². The van der Waals surface area contributed by atoms with Gasteiger partial charge < -0.3 is 9.47 Å². The summed E-state index contributed by atoms with van der Waals surface area (Å²) in [6, 6.07) is 4.58. The molecule has 0 spiro atoms. The summed E-state index contributed by atoms with van der Waals surface area (Å²) in [4.78, 5) is 2.50. The van der Waals surface area contributed by atoms with Crippen LogP contribution in [0.1, 0.15) is 36.5 Å². The van der Waals surface area contributed by atoms with Gasteiger partial charge in [0.1, 0.15) is 5.75 Å². The van der Waals surface area contributed by atoms with Gasteiger partial charge in [0, 0.05) is 13.1 Å².